The summed E-state index contributed by atoms with van der Waals surface area (Å²) in [5, 5.41) is 18.6. The van der Waals surface area contributed by atoms with Crippen molar-refractivity contribution in [1.82, 2.24) is 19.6 Å². The van der Waals surface area contributed by atoms with E-state index in [-0.39, 0.29) is 24.4 Å². The number of hydrogen-bond acceptors (Lipinski definition) is 3. The highest BCUT2D eigenvalue weighted by Crippen LogP contribution is 2.43. The summed E-state index contributed by atoms with van der Waals surface area (Å²) in [6, 6.07) is 4.63. The molecule has 0 aliphatic heterocycles. The van der Waals surface area contributed by atoms with E-state index < -0.39 is 18.1 Å². The van der Waals surface area contributed by atoms with Gasteiger partial charge in [-0.05, 0) is 43.9 Å². The van der Waals surface area contributed by atoms with Gasteiger partial charge < -0.3 is 9.67 Å². The molecule has 4 rings (SSSR count). The van der Waals surface area contributed by atoms with Crippen LogP contribution in [0.2, 0.25) is 0 Å². The number of carboxylic acids is 1. The number of hydrogen-bond donors (Lipinski definition) is 1. The van der Waals surface area contributed by atoms with Gasteiger partial charge in [0, 0.05) is 18.5 Å². The Morgan fingerprint density at radius 2 is 1.88 bits per heavy atom. The number of benzene rings is 1. The van der Waals surface area contributed by atoms with Crippen LogP contribution >= 0.6 is 0 Å². The Morgan fingerprint density at radius 1 is 1.19 bits per heavy atom. The van der Waals surface area contributed by atoms with Gasteiger partial charge in [-0.3, -0.25) is 0 Å². The number of carboxylic acid groups (broad SMARTS) is 1. The van der Waals surface area contributed by atoms with Crippen molar-refractivity contribution >= 4 is 28.0 Å². The van der Waals surface area contributed by atoms with Crippen LogP contribution < -0.4 is 0 Å². The van der Waals surface area contributed by atoms with Crippen molar-refractivity contribution in [2.45, 2.75) is 37.9 Å². The molecule has 0 unspecified atom stereocenters. The molecule has 1 fully saturated rings. The molecule has 0 atom stereocenters. The van der Waals surface area contributed by atoms with E-state index in [1.165, 1.54) is 10.9 Å². The van der Waals surface area contributed by atoms with E-state index in [1.54, 1.807) is 19.2 Å². The van der Waals surface area contributed by atoms with E-state index in [2.05, 4.69) is 10.2 Å². The average Bonchev–Trinajstić information content (AvgIpc) is 3.08. The van der Waals surface area contributed by atoms with Crippen LogP contribution in [0.25, 0.3) is 22.1 Å². The predicted molar refractivity (Wildman–Crippen MR) is 88.0 cm³/mol. The molecule has 2 heterocycles. The maximum atomic E-state index is 13.0. The van der Waals surface area contributed by atoms with Crippen LogP contribution in [0.15, 0.2) is 18.2 Å². The Labute approximate surface area is 146 Å². The topological polar surface area (TPSA) is 72.9 Å². The first kappa shape index (κ1) is 16.9. The molecule has 1 aliphatic rings. The first-order valence-corrected chi connectivity index (χ1v) is 8.40. The standard InChI is InChI=1S/C17H17F3N4O2/c1-23-21-14-12-8-9(16(25)26)2-7-13(12)24(15(14)22-23)11-5-3-10(4-6-11)17(18,19)20/h2,7-8,10-11H,3-6H2,1H3,(H,25,26). The first-order chi connectivity index (χ1) is 12.3. The number of halogens is 3. The number of nitrogens with zero attached hydrogens (tertiary/aromatic N) is 4. The van der Waals surface area contributed by atoms with Gasteiger partial charge in [-0.1, -0.05) is 0 Å². The van der Waals surface area contributed by atoms with E-state index in [9.17, 15) is 23.1 Å². The van der Waals surface area contributed by atoms with Gasteiger partial charge in [-0.25, -0.2) is 4.79 Å². The van der Waals surface area contributed by atoms with E-state index in [1.807, 2.05) is 4.57 Å². The number of alkyl halides is 3. The number of carbonyl (C=O) groups is 1. The van der Waals surface area contributed by atoms with Crippen LogP contribution in [0.4, 0.5) is 13.2 Å². The third-order valence-corrected chi connectivity index (χ3v) is 5.21. The second-order valence-electron chi connectivity index (χ2n) is 6.82. The fourth-order valence-electron chi connectivity index (χ4n) is 3.95. The lowest BCUT2D eigenvalue weighted by Crippen LogP contribution is -2.28. The molecule has 26 heavy (non-hydrogen) atoms. The van der Waals surface area contributed by atoms with Crippen LogP contribution in [0.5, 0.6) is 0 Å². The zero-order valence-corrected chi connectivity index (χ0v) is 14.0. The van der Waals surface area contributed by atoms with Crippen LogP contribution in [0.1, 0.15) is 42.1 Å². The van der Waals surface area contributed by atoms with Crippen molar-refractivity contribution < 1.29 is 23.1 Å². The van der Waals surface area contributed by atoms with Gasteiger partial charge in [-0.15, -0.1) is 5.10 Å². The summed E-state index contributed by atoms with van der Waals surface area (Å²) in [6.07, 6.45) is -3.17. The van der Waals surface area contributed by atoms with Crippen LogP contribution in [0.3, 0.4) is 0 Å². The Morgan fingerprint density at radius 3 is 2.50 bits per heavy atom. The monoisotopic (exact) mass is 366 g/mol. The molecule has 1 aromatic carbocycles. The van der Waals surface area contributed by atoms with Gasteiger partial charge >= 0.3 is 12.1 Å². The summed E-state index contributed by atoms with van der Waals surface area (Å²) in [4.78, 5) is 12.7. The van der Waals surface area contributed by atoms with Crippen LogP contribution in [-0.2, 0) is 7.05 Å². The average molecular weight is 366 g/mol. The lowest BCUT2D eigenvalue weighted by Gasteiger charge is -2.31. The summed E-state index contributed by atoms with van der Waals surface area (Å²) >= 11 is 0. The molecular formula is C17H17F3N4O2. The summed E-state index contributed by atoms with van der Waals surface area (Å²) in [6.45, 7) is 0. The molecule has 9 heteroatoms. The van der Waals surface area contributed by atoms with Crippen molar-refractivity contribution in [2.75, 3.05) is 0 Å². The van der Waals surface area contributed by atoms with Gasteiger partial charge in [-0.2, -0.15) is 23.1 Å². The van der Waals surface area contributed by atoms with Crippen LogP contribution in [-0.4, -0.2) is 36.8 Å². The Kier molecular flexibility index (Phi) is 3.71. The first-order valence-electron chi connectivity index (χ1n) is 8.40. The molecule has 0 radical (unpaired) electrons. The molecule has 0 bridgehead atoms. The normalized spacial score (nSPS) is 21.5. The fourth-order valence-corrected chi connectivity index (χ4v) is 3.95. The largest absolute Gasteiger partial charge is 0.478 e. The minimum absolute atomic E-state index is 0.0861. The molecule has 1 aliphatic carbocycles. The van der Waals surface area contributed by atoms with Gasteiger partial charge in [0.05, 0.1) is 17.0 Å². The van der Waals surface area contributed by atoms with E-state index in [4.69, 9.17) is 0 Å². The van der Waals surface area contributed by atoms with Crippen molar-refractivity contribution in [3.8, 4) is 0 Å². The van der Waals surface area contributed by atoms with Crippen molar-refractivity contribution in [3.63, 3.8) is 0 Å². The fraction of sp³-hybridized carbons (Fsp3) is 0.471. The van der Waals surface area contributed by atoms with Gasteiger partial charge in [0.2, 0.25) is 0 Å². The molecule has 0 spiro atoms. The maximum absolute atomic E-state index is 13.0. The summed E-state index contributed by atoms with van der Waals surface area (Å²) in [5.41, 5.74) is 2.06. The second-order valence-corrected chi connectivity index (χ2v) is 6.82. The minimum Gasteiger partial charge on any atom is -0.478 e. The summed E-state index contributed by atoms with van der Waals surface area (Å²) < 4.78 is 40.8. The van der Waals surface area contributed by atoms with E-state index in [0.717, 1.165) is 5.52 Å². The molecule has 3 aromatic rings. The molecule has 1 saturated carbocycles. The minimum atomic E-state index is -4.15. The van der Waals surface area contributed by atoms with Gasteiger partial charge in [0.25, 0.3) is 0 Å². The number of rotatable bonds is 2. The van der Waals surface area contributed by atoms with Crippen molar-refractivity contribution in [2.24, 2.45) is 13.0 Å². The van der Waals surface area contributed by atoms with Gasteiger partial charge in [0.1, 0.15) is 5.52 Å². The highest BCUT2D eigenvalue weighted by Gasteiger charge is 2.42. The number of aromatic carboxylic acids is 1. The second kappa shape index (κ2) is 5.72. The number of fused-ring (bicyclic) bond motifs is 3. The van der Waals surface area contributed by atoms with Gasteiger partial charge in [0.15, 0.2) is 5.65 Å². The third kappa shape index (κ3) is 2.62. The third-order valence-electron chi connectivity index (χ3n) is 5.21. The highest BCUT2D eigenvalue weighted by atomic mass is 19.4. The van der Waals surface area contributed by atoms with Crippen LogP contribution in [0, 0.1) is 5.92 Å². The van der Waals surface area contributed by atoms with E-state index in [0.29, 0.717) is 29.4 Å². The molecule has 1 N–H and O–H groups in total. The zero-order chi connectivity index (χ0) is 18.6. The van der Waals surface area contributed by atoms with Crippen molar-refractivity contribution in [3.05, 3.63) is 23.8 Å². The maximum Gasteiger partial charge on any atom is 0.391 e. The lowest BCUT2D eigenvalue weighted by molar-refractivity contribution is -0.183. The smallest absolute Gasteiger partial charge is 0.391 e. The Balaban J connectivity index is 1.80. The van der Waals surface area contributed by atoms with Crippen molar-refractivity contribution in [1.29, 1.82) is 0 Å². The lowest BCUT2D eigenvalue weighted by atomic mass is 9.85. The summed E-state index contributed by atoms with van der Waals surface area (Å²) in [5.74, 6) is -2.29. The molecule has 138 valence electrons. The summed E-state index contributed by atoms with van der Waals surface area (Å²) in [7, 11) is 1.66. The molecular weight excluding hydrogens is 349 g/mol. The zero-order valence-electron chi connectivity index (χ0n) is 14.0. The SMILES string of the molecule is Cn1nc2c3cc(C(=O)O)ccc3n(C3CCC(C(F)(F)F)CC3)c2n1. The number of aryl methyl sites for hydroxylation is 1. The molecule has 0 saturated heterocycles. The Hall–Kier alpha value is -2.58. The molecule has 2 aromatic heterocycles. The Bertz CT molecular complexity index is 997. The predicted octanol–water partition coefficient (Wildman–Crippen LogP) is 3.91. The highest BCUT2D eigenvalue weighted by molar-refractivity contribution is 6.07. The molecule has 0 amide bonds. The molecule has 6 nitrogen and oxygen atoms in total. The van der Waals surface area contributed by atoms with E-state index >= 15 is 0 Å². The quantitative estimate of drug-likeness (QED) is 0.746. The number of aromatic nitrogens is 4.